The maximum Gasteiger partial charge on any atom is 0.191 e. The second-order valence-corrected chi connectivity index (χ2v) is 6.80. The van der Waals surface area contributed by atoms with Crippen LogP contribution in [-0.2, 0) is 12.0 Å². The van der Waals surface area contributed by atoms with E-state index in [1.54, 1.807) is 13.2 Å². The fourth-order valence-corrected chi connectivity index (χ4v) is 2.29. The second-order valence-electron chi connectivity index (χ2n) is 6.80. The largest absolute Gasteiger partial charge is 0.492 e. The zero-order valence-corrected chi connectivity index (χ0v) is 18.3. The fraction of sp³-hybridized carbons (Fsp3) is 0.400. The van der Waals surface area contributed by atoms with Crippen molar-refractivity contribution >= 4 is 29.9 Å². The number of halogens is 1. The van der Waals surface area contributed by atoms with E-state index in [4.69, 9.17) is 4.74 Å². The van der Waals surface area contributed by atoms with E-state index in [9.17, 15) is 0 Å². The third kappa shape index (κ3) is 7.59. The maximum absolute atomic E-state index is 5.84. The highest BCUT2D eigenvalue weighted by molar-refractivity contribution is 14.0. The molecule has 142 valence electrons. The number of nitrogens with one attached hydrogen (secondary N) is 2. The highest BCUT2D eigenvalue weighted by Crippen LogP contribution is 2.25. The van der Waals surface area contributed by atoms with Gasteiger partial charge in [0.15, 0.2) is 5.96 Å². The molecule has 2 N–H and O–H groups in total. The van der Waals surface area contributed by atoms with E-state index < -0.39 is 0 Å². The quantitative estimate of drug-likeness (QED) is 0.294. The van der Waals surface area contributed by atoms with Crippen LogP contribution in [0, 0.1) is 0 Å². The number of hydrogen-bond acceptors (Lipinski definition) is 3. The molecular weight excluding hydrogens is 439 g/mol. The van der Waals surface area contributed by atoms with Crippen LogP contribution in [0.25, 0.3) is 0 Å². The number of rotatable bonds is 6. The van der Waals surface area contributed by atoms with Crippen molar-refractivity contribution in [1.29, 1.82) is 0 Å². The lowest BCUT2D eigenvalue weighted by molar-refractivity contribution is 0.321. The summed E-state index contributed by atoms with van der Waals surface area (Å²) in [7, 11) is 1.75. The Morgan fingerprint density at radius 1 is 1.12 bits per heavy atom. The molecule has 0 bridgehead atoms. The molecule has 26 heavy (non-hydrogen) atoms. The van der Waals surface area contributed by atoms with E-state index in [1.165, 1.54) is 5.56 Å². The third-order valence-corrected chi connectivity index (χ3v) is 3.75. The Hall–Kier alpha value is -1.83. The molecule has 0 saturated carbocycles. The van der Waals surface area contributed by atoms with E-state index in [0.29, 0.717) is 19.7 Å². The van der Waals surface area contributed by atoms with Crippen molar-refractivity contribution in [2.45, 2.75) is 32.7 Å². The van der Waals surface area contributed by atoms with Crippen LogP contribution in [0.4, 0.5) is 0 Å². The van der Waals surface area contributed by atoms with Gasteiger partial charge >= 0.3 is 0 Å². The molecule has 0 aliphatic carbocycles. The monoisotopic (exact) mass is 468 g/mol. The van der Waals surface area contributed by atoms with Gasteiger partial charge in [0.25, 0.3) is 0 Å². The van der Waals surface area contributed by atoms with Gasteiger partial charge in [-0.15, -0.1) is 24.0 Å². The molecule has 6 heteroatoms. The molecule has 5 nitrogen and oxygen atoms in total. The summed E-state index contributed by atoms with van der Waals surface area (Å²) in [6, 6.07) is 14.1. The summed E-state index contributed by atoms with van der Waals surface area (Å²) in [5, 5.41) is 6.48. The molecule has 0 saturated heterocycles. The van der Waals surface area contributed by atoms with E-state index in [2.05, 4.69) is 53.5 Å². The van der Waals surface area contributed by atoms with Gasteiger partial charge < -0.3 is 15.4 Å². The molecule has 0 aliphatic heterocycles. The Kier molecular flexibility index (Phi) is 9.40. The Morgan fingerprint density at radius 2 is 1.92 bits per heavy atom. The highest BCUT2D eigenvalue weighted by Gasteiger charge is 2.13. The number of nitrogens with zero attached hydrogens (tertiary/aromatic N) is 2. The molecular formula is C20H29IN4O. The van der Waals surface area contributed by atoms with Gasteiger partial charge in [0.2, 0.25) is 0 Å². The molecule has 1 aromatic carbocycles. The van der Waals surface area contributed by atoms with Crippen molar-refractivity contribution in [3.05, 3.63) is 59.9 Å². The molecule has 0 unspecified atom stereocenters. The Labute approximate surface area is 173 Å². The topological polar surface area (TPSA) is 58.5 Å². The highest BCUT2D eigenvalue weighted by atomic mass is 127. The van der Waals surface area contributed by atoms with Gasteiger partial charge in [-0.25, -0.2) is 0 Å². The minimum absolute atomic E-state index is 0. The van der Waals surface area contributed by atoms with Crippen LogP contribution in [-0.4, -0.2) is 31.1 Å². The maximum atomic E-state index is 5.84. The van der Waals surface area contributed by atoms with Gasteiger partial charge in [-0.05, 0) is 35.2 Å². The lowest BCUT2D eigenvalue weighted by Gasteiger charge is -2.20. The van der Waals surface area contributed by atoms with Gasteiger partial charge in [0.1, 0.15) is 12.4 Å². The van der Waals surface area contributed by atoms with Crippen molar-refractivity contribution in [2.75, 3.05) is 20.2 Å². The summed E-state index contributed by atoms with van der Waals surface area (Å²) in [4.78, 5) is 8.48. The third-order valence-electron chi connectivity index (χ3n) is 3.75. The minimum Gasteiger partial charge on any atom is -0.492 e. The van der Waals surface area contributed by atoms with Crippen LogP contribution in [0.15, 0.2) is 53.7 Å². The fourth-order valence-electron chi connectivity index (χ4n) is 2.29. The van der Waals surface area contributed by atoms with Crippen LogP contribution in [0.5, 0.6) is 5.75 Å². The van der Waals surface area contributed by atoms with Crippen molar-refractivity contribution < 1.29 is 4.74 Å². The van der Waals surface area contributed by atoms with E-state index in [-0.39, 0.29) is 29.4 Å². The molecule has 0 aliphatic rings. The minimum atomic E-state index is 0. The predicted octanol–water partition coefficient (Wildman–Crippen LogP) is 3.74. The molecule has 2 aromatic rings. The van der Waals surface area contributed by atoms with Crippen LogP contribution in [0.1, 0.15) is 32.0 Å². The second kappa shape index (κ2) is 11.0. The first kappa shape index (κ1) is 22.2. The normalized spacial score (nSPS) is 11.5. The molecule has 0 amide bonds. The van der Waals surface area contributed by atoms with Crippen LogP contribution < -0.4 is 15.4 Å². The van der Waals surface area contributed by atoms with E-state index in [0.717, 1.165) is 17.4 Å². The molecule has 0 atom stereocenters. The zero-order valence-electron chi connectivity index (χ0n) is 16.0. The first-order valence-electron chi connectivity index (χ1n) is 8.57. The van der Waals surface area contributed by atoms with Gasteiger partial charge in [-0.1, -0.05) is 39.0 Å². The number of hydrogen-bond donors (Lipinski definition) is 2. The number of ether oxygens (including phenoxy) is 1. The summed E-state index contributed by atoms with van der Waals surface area (Å²) >= 11 is 0. The van der Waals surface area contributed by atoms with Crippen molar-refractivity contribution in [2.24, 2.45) is 4.99 Å². The van der Waals surface area contributed by atoms with E-state index in [1.807, 2.05) is 30.3 Å². The average molecular weight is 468 g/mol. The Morgan fingerprint density at radius 3 is 2.58 bits per heavy atom. The molecule has 0 radical (unpaired) electrons. The lowest BCUT2D eigenvalue weighted by atomic mass is 9.87. The summed E-state index contributed by atoms with van der Waals surface area (Å²) < 4.78 is 5.84. The molecule has 2 rings (SSSR count). The number of guanidine groups is 1. The van der Waals surface area contributed by atoms with Gasteiger partial charge in [-0.3, -0.25) is 9.98 Å². The van der Waals surface area contributed by atoms with Crippen LogP contribution in [0.3, 0.4) is 0 Å². The molecule has 1 heterocycles. The number of pyridine rings is 1. The van der Waals surface area contributed by atoms with Crippen molar-refractivity contribution in [3.63, 3.8) is 0 Å². The predicted molar refractivity (Wildman–Crippen MR) is 118 cm³/mol. The standard InChI is InChI=1S/C20H28N4O.HI/c1-20(2,3)16-8-7-10-18(14-16)25-13-12-23-19(21-4)24-15-17-9-5-6-11-22-17;/h5-11,14H,12-13,15H2,1-4H3,(H2,21,23,24);1H. The number of aliphatic imine (C=N–C) groups is 1. The summed E-state index contributed by atoms with van der Waals surface area (Å²) in [5.41, 5.74) is 2.36. The first-order chi connectivity index (χ1) is 12.0. The van der Waals surface area contributed by atoms with E-state index >= 15 is 0 Å². The average Bonchev–Trinajstić information content (AvgIpc) is 2.61. The van der Waals surface area contributed by atoms with Crippen molar-refractivity contribution in [3.8, 4) is 5.75 Å². The molecule has 0 fully saturated rings. The van der Waals surface area contributed by atoms with Gasteiger partial charge in [-0.2, -0.15) is 0 Å². The zero-order chi connectivity index (χ0) is 18.1. The first-order valence-corrected chi connectivity index (χ1v) is 8.57. The smallest absolute Gasteiger partial charge is 0.191 e. The van der Waals surface area contributed by atoms with Crippen LogP contribution in [0.2, 0.25) is 0 Å². The summed E-state index contributed by atoms with van der Waals surface area (Å²) in [5.74, 6) is 1.63. The molecule has 0 spiro atoms. The van der Waals surface area contributed by atoms with Gasteiger partial charge in [0, 0.05) is 13.2 Å². The van der Waals surface area contributed by atoms with Gasteiger partial charge in [0.05, 0.1) is 18.8 Å². The Bertz CT molecular complexity index is 684. The van der Waals surface area contributed by atoms with Crippen LogP contribution >= 0.6 is 24.0 Å². The number of benzene rings is 1. The molecule has 1 aromatic heterocycles. The summed E-state index contributed by atoms with van der Waals surface area (Å²) in [6.45, 7) is 8.47. The number of aromatic nitrogens is 1. The SMILES string of the molecule is CN=C(NCCOc1cccc(C(C)(C)C)c1)NCc1ccccn1.I. The lowest BCUT2D eigenvalue weighted by Crippen LogP contribution is -2.39. The summed E-state index contributed by atoms with van der Waals surface area (Å²) in [6.07, 6.45) is 1.78. The van der Waals surface area contributed by atoms with Crippen molar-refractivity contribution in [1.82, 2.24) is 15.6 Å². The Balaban J connectivity index is 0.00000338.